The topological polar surface area (TPSA) is 55.2 Å². The van der Waals surface area contributed by atoms with Gasteiger partial charge >= 0.3 is 5.00 Å². The quantitative estimate of drug-likeness (QED) is 0.679. The molecule has 1 aliphatic carbocycles. The number of benzene rings is 1. The van der Waals surface area contributed by atoms with Gasteiger partial charge in [0, 0.05) is 23.2 Å². The highest BCUT2D eigenvalue weighted by atomic mass is 32.1. The van der Waals surface area contributed by atoms with Crippen LogP contribution in [0.15, 0.2) is 30.3 Å². The number of hydrogen-bond acceptors (Lipinski definition) is 4. The Hall–Kier alpha value is -1.88. The molecule has 2 aromatic rings. The second-order valence-corrected chi connectivity index (χ2v) is 6.15. The van der Waals surface area contributed by atoms with Gasteiger partial charge in [0.25, 0.3) is 0 Å². The van der Waals surface area contributed by atoms with Crippen LogP contribution in [0, 0.1) is 10.1 Å². The predicted molar refractivity (Wildman–Crippen MR) is 81.4 cm³/mol. The van der Waals surface area contributed by atoms with Gasteiger partial charge in [0.05, 0.1) is 4.92 Å². The predicted octanol–water partition coefficient (Wildman–Crippen LogP) is 4.15. The summed E-state index contributed by atoms with van der Waals surface area (Å²) in [5.41, 5.74) is 4.04. The van der Waals surface area contributed by atoms with Gasteiger partial charge in [0.2, 0.25) is 0 Å². The van der Waals surface area contributed by atoms with Crippen molar-refractivity contribution in [1.29, 1.82) is 0 Å². The van der Waals surface area contributed by atoms with Crippen molar-refractivity contribution < 1.29 is 4.92 Å². The van der Waals surface area contributed by atoms with E-state index in [0.717, 1.165) is 17.7 Å². The number of nitro groups is 1. The summed E-state index contributed by atoms with van der Waals surface area (Å²) in [7, 11) is 0. The standard InChI is InChI=1S/C15H16N2O2S/c18-17(19)15-9-8-12(20-15)10-16-14-7-3-5-11-4-1-2-6-13(11)14/h3,5,7-9,16H,1-2,4,6,10H2. The Kier molecular flexibility index (Phi) is 3.69. The summed E-state index contributed by atoms with van der Waals surface area (Å²) >= 11 is 1.24. The highest BCUT2D eigenvalue weighted by Crippen LogP contribution is 2.29. The lowest BCUT2D eigenvalue weighted by molar-refractivity contribution is -0.380. The number of aryl methyl sites for hydroxylation is 1. The first kappa shape index (κ1) is 13.1. The number of thiophene rings is 1. The van der Waals surface area contributed by atoms with E-state index < -0.39 is 0 Å². The maximum Gasteiger partial charge on any atom is 0.324 e. The third-order valence-corrected chi connectivity index (χ3v) is 4.71. The van der Waals surface area contributed by atoms with Crippen LogP contribution in [0.5, 0.6) is 0 Å². The average Bonchev–Trinajstić information content (AvgIpc) is 2.94. The van der Waals surface area contributed by atoms with Crippen LogP contribution < -0.4 is 5.32 Å². The van der Waals surface area contributed by atoms with E-state index in [-0.39, 0.29) is 9.92 Å². The number of fused-ring (bicyclic) bond motifs is 1. The third kappa shape index (κ3) is 2.67. The molecule has 3 rings (SSSR count). The molecule has 1 heterocycles. The van der Waals surface area contributed by atoms with Gasteiger partial charge in [-0.25, -0.2) is 0 Å². The Bertz CT molecular complexity index is 637. The van der Waals surface area contributed by atoms with Gasteiger partial charge in [-0.1, -0.05) is 23.5 Å². The molecule has 0 unspecified atom stereocenters. The van der Waals surface area contributed by atoms with Crippen molar-refractivity contribution in [2.24, 2.45) is 0 Å². The van der Waals surface area contributed by atoms with Gasteiger partial charge in [-0.05, 0) is 48.9 Å². The van der Waals surface area contributed by atoms with Crippen molar-refractivity contribution >= 4 is 22.0 Å². The highest BCUT2D eigenvalue weighted by Gasteiger charge is 2.13. The maximum absolute atomic E-state index is 10.7. The molecule has 0 saturated carbocycles. The fourth-order valence-electron chi connectivity index (χ4n) is 2.69. The fourth-order valence-corrected chi connectivity index (χ4v) is 3.45. The normalized spacial score (nSPS) is 13.8. The molecule has 0 amide bonds. The van der Waals surface area contributed by atoms with Crippen LogP contribution in [-0.2, 0) is 19.4 Å². The second-order valence-electron chi connectivity index (χ2n) is 5.00. The Morgan fingerprint density at radius 2 is 2.05 bits per heavy atom. The first-order valence-electron chi connectivity index (χ1n) is 6.82. The average molecular weight is 288 g/mol. The molecule has 0 spiro atoms. The number of anilines is 1. The van der Waals surface area contributed by atoms with Crippen LogP contribution in [-0.4, -0.2) is 4.92 Å². The van der Waals surface area contributed by atoms with Crippen molar-refractivity contribution in [2.45, 2.75) is 32.2 Å². The van der Waals surface area contributed by atoms with Gasteiger partial charge in [-0.2, -0.15) is 0 Å². The van der Waals surface area contributed by atoms with E-state index in [1.54, 1.807) is 6.07 Å². The van der Waals surface area contributed by atoms with Gasteiger partial charge in [-0.15, -0.1) is 0 Å². The summed E-state index contributed by atoms with van der Waals surface area (Å²) in [4.78, 5) is 11.3. The number of hydrogen-bond donors (Lipinski definition) is 1. The summed E-state index contributed by atoms with van der Waals surface area (Å²) in [6.07, 6.45) is 4.81. The first-order valence-corrected chi connectivity index (χ1v) is 7.63. The van der Waals surface area contributed by atoms with Gasteiger partial charge in [0.1, 0.15) is 0 Å². The molecule has 0 saturated heterocycles. The van der Waals surface area contributed by atoms with Crippen LogP contribution in [0.25, 0.3) is 0 Å². The van der Waals surface area contributed by atoms with E-state index in [0.29, 0.717) is 6.54 Å². The van der Waals surface area contributed by atoms with Crippen LogP contribution in [0.2, 0.25) is 0 Å². The zero-order chi connectivity index (χ0) is 13.9. The van der Waals surface area contributed by atoms with Crippen LogP contribution in [0.4, 0.5) is 10.7 Å². The minimum Gasteiger partial charge on any atom is -0.380 e. The van der Waals surface area contributed by atoms with Crippen LogP contribution in [0.3, 0.4) is 0 Å². The summed E-state index contributed by atoms with van der Waals surface area (Å²) in [5.74, 6) is 0. The van der Waals surface area contributed by atoms with E-state index in [1.807, 2.05) is 6.07 Å². The monoisotopic (exact) mass is 288 g/mol. The molecule has 0 atom stereocenters. The molecule has 0 bridgehead atoms. The van der Waals surface area contributed by atoms with Gasteiger partial charge in [0.15, 0.2) is 0 Å². The molecule has 5 heteroatoms. The molecule has 1 aromatic heterocycles. The Morgan fingerprint density at radius 3 is 2.85 bits per heavy atom. The van der Waals surface area contributed by atoms with E-state index in [1.165, 1.54) is 41.0 Å². The van der Waals surface area contributed by atoms with Crippen molar-refractivity contribution in [2.75, 3.05) is 5.32 Å². The Balaban J connectivity index is 1.73. The molecule has 1 aromatic carbocycles. The third-order valence-electron chi connectivity index (χ3n) is 3.68. The Morgan fingerprint density at radius 1 is 1.20 bits per heavy atom. The lowest BCUT2D eigenvalue weighted by Crippen LogP contribution is -2.08. The number of nitrogens with zero attached hydrogens (tertiary/aromatic N) is 1. The molecule has 0 fully saturated rings. The SMILES string of the molecule is O=[N+]([O-])c1ccc(CNc2cccc3c2CCCC3)s1. The fraction of sp³-hybridized carbons (Fsp3) is 0.333. The smallest absolute Gasteiger partial charge is 0.324 e. The van der Waals surface area contributed by atoms with Gasteiger partial charge in [-0.3, -0.25) is 10.1 Å². The van der Waals surface area contributed by atoms with E-state index in [4.69, 9.17) is 0 Å². The molecule has 4 nitrogen and oxygen atoms in total. The van der Waals surface area contributed by atoms with Crippen LogP contribution in [0.1, 0.15) is 28.8 Å². The van der Waals surface area contributed by atoms with Crippen molar-refractivity contribution in [1.82, 2.24) is 0 Å². The number of nitrogens with one attached hydrogen (secondary N) is 1. The molecular weight excluding hydrogens is 272 g/mol. The minimum absolute atomic E-state index is 0.205. The van der Waals surface area contributed by atoms with E-state index >= 15 is 0 Å². The summed E-state index contributed by atoms with van der Waals surface area (Å²) in [5, 5.41) is 14.3. The lowest BCUT2D eigenvalue weighted by atomic mass is 9.90. The van der Waals surface area contributed by atoms with Crippen molar-refractivity contribution in [3.8, 4) is 0 Å². The zero-order valence-corrected chi connectivity index (χ0v) is 11.9. The largest absolute Gasteiger partial charge is 0.380 e. The summed E-state index contributed by atoms with van der Waals surface area (Å²) in [6, 6.07) is 9.79. The van der Waals surface area contributed by atoms with E-state index in [2.05, 4.69) is 23.5 Å². The summed E-state index contributed by atoms with van der Waals surface area (Å²) in [6.45, 7) is 0.648. The lowest BCUT2D eigenvalue weighted by Gasteiger charge is -2.19. The molecule has 104 valence electrons. The van der Waals surface area contributed by atoms with Crippen molar-refractivity contribution in [3.63, 3.8) is 0 Å². The maximum atomic E-state index is 10.7. The highest BCUT2D eigenvalue weighted by molar-refractivity contribution is 7.15. The van der Waals surface area contributed by atoms with Gasteiger partial charge < -0.3 is 5.32 Å². The second kappa shape index (κ2) is 5.63. The molecule has 0 radical (unpaired) electrons. The zero-order valence-electron chi connectivity index (χ0n) is 11.1. The Labute approximate surface area is 121 Å². The molecule has 20 heavy (non-hydrogen) atoms. The minimum atomic E-state index is -0.335. The number of rotatable bonds is 4. The summed E-state index contributed by atoms with van der Waals surface area (Å²) < 4.78 is 0. The molecular formula is C15H16N2O2S. The first-order chi connectivity index (χ1) is 9.74. The molecule has 1 aliphatic rings. The molecule has 1 N–H and O–H groups in total. The van der Waals surface area contributed by atoms with Crippen LogP contribution >= 0.6 is 11.3 Å². The van der Waals surface area contributed by atoms with Crippen molar-refractivity contribution in [3.05, 3.63) is 56.5 Å². The van der Waals surface area contributed by atoms with E-state index in [9.17, 15) is 10.1 Å². The molecule has 0 aliphatic heterocycles.